The van der Waals surface area contributed by atoms with E-state index in [1.54, 1.807) is 17.4 Å². The van der Waals surface area contributed by atoms with Crippen molar-refractivity contribution in [2.24, 2.45) is 0 Å². The molecule has 2 heterocycles. The highest BCUT2D eigenvalue weighted by atomic mass is 32.1. The topological polar surface area (TPSA) is 60.5 Å². The van der Waals surface area contributed by atoms with Crippen LogP contribution in [0, 0.1) is 6.92 Å². The Balaban J connectivity index is 1.26. The first-order chi connectivity index (χ1) is 14.6. The molecule has 0 saturated carbocycles. The minimum Gasteiger partial charge on any atom is -0.454 e. The van der Waals surface area contributed by atoms with E-state index < -0.39 is 0 Å². The molecule has 0 spiro atoms. The van der Waals surface area contributed by atoms with Gasteiger partial charge in [-0.1, -0.05) is 12.1 Å². The first kappa shape index (κ1) is 18.4. The van der Waals surface area contributed by atoms with Gasteiger partial charge in [0.15, 0.2) is 11.5 Å². The smallest absolute Gasteiger partial charge is 0.248 e. The van der Waals surface area contributed by atoms with E-state index in [1.165, 1.54) is 16.3 Å². The van der Waals surface area contributed by atoms with Gasteiger partial charge in [0.05, 0.1) is 10.2 Å². The Bertz CT molecular complexity index is 1280. The number of aryl methyl sites for hydroxylation is 1. The fourth-order valence-corrected chi connectivity index (χ4v) is 4.29. The number of fused-ring (bicyclic) bond motifs is 2. The molecular weight excluding hydrogens is 396 g/mol. The zero-order valence-corrected chi connectivity index (χ0v) is 17.0. The third kappa shape index (κ3) is 3.77. The molecule has 1 aromatic heterocycles. The number of ether oxygens (including phenoxy) is 2. The third-order valence-corrected chi connectivity index (χ3v) is 5.83. The maximum absolute atomic E-state index is 12.3. The highest BCUT2D eigenvalue weighted by Gasteiger charge is 2.12. The van der Waals surface area contributed by atoms with Crippen LogP contribution in [0.1, 0.15) is 11.1 Å². The molecule has 0 fully saturated rings. The maximum atomic E-state index is 12.3. The summed E-state index contributed by atoms with van der Waals surface area (Å²) in [5.74, 6) is 1.22. The summed E-state index contributed by atoms with van der Waals surface area (Å²) in [6.45, 7) is 2.31. The number of aromatic nitrogens is 1. The second-order valence-corrected chi connectivity index (χ2v) is 8.03. The normalized spacial score (nSPS) is 12.6. The molecule has 3 aromatic carbocycles. The van der Waals surface area contributed by atoms with Crippen LogP contribution in [-0.2, 0) is 4.79 Å². The van der Waals surface area contributed by atoms with Crippen molar-refractivity contribution in [3.63, 3.8) is 0 Å². The average molecular weight is 414 g/mol. The fourth-order valence-electron chi connectivity index (χ4n) is 3.22. The van der Waals surface area contributed by atoms with Crippen molar-refractivity contribution in [2.75, 3.05) is 12.1 Å². The summed E-state index contributed by atoms with van der Waals surface area (Å²) in [7, 11) is 0. The lowest BCUT2D eigenvalue weighted by Gasteiger charge is -2.03. The highest BCUT2D eigenvalue weighted by Crippen LogP contribution is 2.33. The van der Waals surface area contributed by atoms with Crippen LogP contribution in [0.4, 0.5) is 5.69 Å². The van der Waals surface area contributed by atoms with Gasteiger partial charge in [-0.3, -0.25) is 4.79 Å². The summed E-state index contributed by atoms with van der Waals surface area (Å²) in [4.78, 5) is 17.0. The first-order valence-corrected chi connectivity index (χ1v) is 10.3. The van der Waals surface area contributed by atoms with Crippen molar-refractivity contribution in [3.05, 3.63) is 77.9 Å². The zero-order chi connectivity index (χ0) is 20.5. The van der Waals surface area contributed by atoms with E-state index in [0.29, 0.717) is 5.75 Å². The summed E-state index contributed by atoms with van der Waals surface area (Å²) in [6.07, 6.45) is 3.25. The molecule has 1 aliphatic rings. The molecule has 0 unspecified atom stereocenters. The number of anilines is 1. The molecule has 4 aromatic rings. The van der Waals surface area contributed by atoms with Crippen molar-refractivity contribution < 1.29 is 14.3 Å². The van der Waals surface area contributed by atoms with Gasteiger partial charge in [-0.15, -0.1) is 11.3 Å². The lowest BCUT2D eigenvalue weighted by Crippen LogP contribution is -2.07. The molecule has 5 nitrogen and oxygen atoms in total. The summed E-state index contributed by atoms with van der Waals surface area (Å²) < 4.78 is 11.8. The monoisotopic (exact) mass is 414 g/mol. The summed E-state index contributed by atoms with van der Waals surface area (Å²) in [6, 6.07) is 19.6. The Morgan fingerprint density at radius 1 is 1.03 bits per heavy atom. The Morgan fingerprint density at radius 2 is 1.87 bits per heavy atom. The Morgan fingerprint density at radius 3 is 2.73 bits per heavy atom. The lowest BCUT2D eigenvalue weighted by molar-refractivity contribution is -0.111. The van der Waals surface area contributed by atoms with E-state index in [9.17, 15) is 4.79 Å². The van der Waals surface area contributed by atoms with Crippen molar-refractivity contribution in [1.29, 1.82) is 0 Å². The quantitative estimate of drug-likeness (QED) is 0.438. The van der Waals surface area contributed by atoms with Crippen LogP contribution in [0.2, 0.25) is 0 Å². The van der Waals surface area contributed by atoms with Crippen molar-refractivity contribution in [3.8, 4) is 22.1 Å². The van der Waals surface area contributed by atoms with Gasteiger partial charge in [-0.05, 0) is 72.7 Å². The number of hydrogen-bond donors (Lipinski definition) is 1. The predicted molar refractivity (Wildman–Crippen MR) is 120 cm³/mol. The van der Waals surface area contributed by atoms with E-state index in [-0.39, 0.29) is 12.7 Å². The Labute approximate surface area is 177 Å². The molecular formula is C24H18N2O3S. The molecule has 0 radical (unpaired) electrons. The van der Waals surface area contributed by atoms with Crippen molar-refractivity contribution >= 4 is 39.2 Å². The molecule has 1 aliphatic heterocycles. The van der Waals surface area contributed by atoms with Crippen LogP contribution in [-0.4, -0.2) is 17.7 Å². The molecule has 5 rings (SSSR count). The Kier molecular flexibility index (Phi) is 4.69. The van der Waals surface area contributed by atoms with Gasteiger partial charge < -0.3 is 14.8 Å². The van der Waals surface area contributed by atoms with Gasteiger partial charge in [0.25, 0.3) is 0 Å². The van der Waals surface area contributed by atoms with E-state index in [1.807, 2.05) is 48.5 Å². The van der Waals surface area contributed by atoms with Gasteiger partial charge in [-0.25, -0.2) is 4.98 Å². The lowest BCUT2D eigenvalue weighted by atomic mass is 10.2. The number of carbonyl (C=O) groups is 1. The second kappa shape index (κ2) is 7.65. The van der Waals surface area contributed by atoms with E-state index >= 15 is 0 Å². The molecule has 1 N–H and O–H groups in total. The van der Waals surface area contributed by atoms with Gasteiger partial charge >= 0.3 is 0 Å². The molecule has 6 heteroatoms. The van der Waals surface area contributed by atoms with E-state index in [2.05, 4.69) is 24.4 Å². The average Bonchev–Trinajstić information content (AvgIpc) is 3.38. The van der Waals surface area contributed by atoms with Crippen molar-refractivity contribution in [1.82, 2.24) is 4.98 Å². The first-order valence-electron chi connectivity index (χ1n) is 9.50. The minimum absolute atomic E-state index is 0.198. The Hall–Kier alpha value is -3.64. The van der Waals surface area contributed by atoms with Crippen LogP contribution < -0.4 is 14.8 Å². The molecule has 0 atom stereocenters. The zero-order valence-electron chi connectivity index (χ0n) is 16.2. The van der Waals surface area contributed by atoms with Gasteiger partial charge in [0.2, 0.25) is 12.7 Å². The molecule has 30 heavy (non-hydrogen) atoms. The van der Waals surface area contributed by atoms with Crippen LogP contribution in [0.15, 0.2) is 66.7 Å². The number of rotatable bonds is 4. The summed E-state index contributed by atoms with van der Waals surface area (Å²) in [5, 5.41) is 3.85. The maximum Gasteiger partial charge on any atom is 0.248 e. The predicted octanol–water partition coefficient (Wildman–Crippen LogP) is 5.65. The largest absolute Gasteiger partial charge is 0.454 e. The van der Waals surface area contributed by atoms with E-state index in [0.717, 1.165) is 33.1 Å². The van der Waals surface area contributed by atoms with Crippen LogP contribution in [0.3, 0.4) is 0 Å². The minimum atomic E-state index is -0.198. The van der Waals surface area contributed by atoms with Crippen LogP contribution >= 0.6 is 11.3 Å². The van der Waals surface area contributed by atoms with E-state index in [4.69, 9.17) is 14.5 Å². The second-order valence-electron chi connectivity index (χ2n) is 7.00. The number of hydrogen-bond acceptors (Lipinski definition) is 5. The van der Waals surface area contributed by atoms with Gasteiger partial charge in [0, 0.05) is 17.3 Å². The fraction of sp³-hybridized carbons (Fsp3) is 0.0833. The highest BCUT2D eigenvalue weighted by molar-refractivity contribution is 7.21. The van der Waals surface area contributed by atoms with Crippen LogP contribution in [0.25, 0.3) is 26.9 Å². The van der Waals surface area contributed by atoms with Crippen LogP contribution in [0.5, 0.6) is 11.5 Å². The summed E-state index contributed by atoms with van der Waals surface area (Å²) in [5.41, 5.74) is 4.87. The SMILES string of the molecule is Cc1ccc2nc(-c3ccc(NC(=O)C=Cc4ccc5c(c4)OCO5)cc3)sc2c1. The van der Waals surface area contributed by atoms with Crippen molar-refractivity contribution in [2.45, 2.75) is 6.92 Å². The number of amides is 1. The third-order valence-electron chi connectivity index (χ3n) is 4.77. The van der Waals surface area contributed by atoms with Gasteiger partial charge in [0.1, 0.15) is 5.01 Å². The number of thiazole rings is 1. The summed E-state index contributed by atoms with van der Waals surface area (Å²) >= 11 is 1.67. The molecule has 0 saturated heterocycles. The number of nitrogens with zero attached hydrogens (tertiary/aromatic N) is 1. The molecule has 148 valence electrons. The number of carbonyl (C=O) groups excluding carboxylic acids is 1. The number of nitrogens with one attached hydrogen (secondary N) is 1. The standard InChI is InChI=1S/C24H18N2O3S/c1-15-2-9-19-22(12-15)30-24(26-19)17-5-7-18(8-6-17)25-23(27)11-4-16-3-10-20-21(13-16)29-14-28-20/h2-13H,14H2,1H3,(H,25,27). The molecule has 1 amide bonds. The van der Waals surface area contributed by atoms with Gasteiger partial charge in [-0.2, -0.15) is 0 Å². The molecule has 0 bridgehead atoms. The number of benzene rings is 3. The molecule has 0 aliphatic carbocycles.